The van der Waals surface area contributed by atoms with Gasteiger partial charge in [0.2, 0.25) is 0 Å². The third-order valence-electron chi connectivity index (χ3n) is 1.73. The molecule has 0 radical (unpaired) electrons. The van der Waals surface area contributed by atoms with E-state index in [1.807, 2.05) is 0 Å². The molecule has 0 saturated heterocycles. The first kappa shape index (κ1) is 10.4. The highest BCUT2D eigenvalue weighted by atomic mass is 35.5. The van der Waals surface area contributed by atoms with E-state index in [-0.39, 0.29) is 5.38 Å². The molecule has 0 amide bonds. The molecule has 0 saturated carbocycles. The van der Waals surface area contributed by atoms with Gasteiger partial charge in [-0.15, -0.1) is 11.6 Å². The zero-order valence-corrected chi connectivity index (χ0v) is 7.65. The van der Waals surface area contributed by atoms with Crippen molar-refractivity contribution in [2.75, 3.05) is 0 Å². The van der Waals surface area contributed by atoms with Crippen molar-refractivity contribution in [1.82, 2.24) is 5.32 Å². The van der Waals surface area contributed by atoms with Gasteiger partial charge in [0, 0.05) is 0 Å². The average Bonchev–Trinajstić information content (AvgIpc) is 2.03. The van der Waals surface area contributed by atoms with Crippen LogP contribution in [0.5, 0.6) is 0 Å². The molecule has 2 unspecified atom stereocenters. The van der Waals surface area contributed by atoms with Gasteiger partial charge in [-0.3, -0.25) is 0 Å². The normalized spacial score (nSPS) is 25.0. The van der Waals surface area contributed by atoms with Crippen LogP contribution in [0.1, 0.15) is 6.92 Å². The number of hydrogen-bond acceptors (Lipinski definition) is 1. The fourth-order valence-corrected chi connectivity index (χ4v) is 1.15. The zero-order chi connectivity index (χ0) is 10.1. The first-order chi connectivity index (χ1) is 5.91. The van der Waals surface area contributed by atoms with Crippen LogP contribution in [-0.2, 0) is 0 Å². The van der Waals surface area contributed by atoms with Gasteiger partial charge in [-0.25, -0.2) is 0 Å². The number of allylic oxidation sites excluding steroid dienone is 2. The Bertz CT molecular complexity index is 242. The van der Waals surface area contributed by atoms with Crippen molar-refractivity contribution in [2.45, 2.75) is 24.5 Å². The zero-order valence-electron chi connectivity index (χ0n) is 6.90. The second kappa shape index (κ2) is 3.62. The molecule has 74 valence electrons. The lowest BCUT2D eigenvalue weighted by Crippen LogP contribution is -2.33. The maximum Gasteiger partial charge on any atom is 0.416 e. The number of halogens is 4. The largest absolute Gasteiger partial charge is 0.416 e. The molecular formula is C8H9ClF3N. The summed E-state index contributed by atoms with van der Waals surface area (Å²) in [6.45, 7) is 1.64. The summed E-state index contributed by atoms with van der Waals surface area (Å²) in [7, 11) is 0. The van der Waals surface area contributed by atoms with Crippen molar-refractivity contribution in [1.29, 1.82) is 0 Å². The molecule has 13 heavy (non-hydrogen) atoms. The van der Waals surface area contributed by atoms with E-state index < -0.39 is 17.8 Å². The Morgan fingerprint density at radius 1 is 1.54 bits per heavy atom. The van der Waals surface area contributed by atoms with Gasteiger partial charge in [0.15, 0.2) is 0 Å². The van der Waals surface area contributed by atoms with Crippen LogP contribution in [0.2, 0.25) is 0 Å². The minimum Gasteiger partial charge on any atom is -0.383 e. The summed E-state index contributed by atoms with van der Waals surface area (Å²) in [4.78, 5) is 0. The van der Waals surface area contributed by atoms with Crippen molar-refractivity contribution >= 4 is 11.6 Å². The van der Waals surface area contributed by atoms with E-state index in [1.54, 1.807) is 6.92 Å². The lowest BCUT2D eigenvalue weighted by atomic mass is 10.1. The van der Waals surface area contributed by atoms with E-state index in [2.05, 4.69) is 5.32 Å². The van der Waals surface area contributed by atoms with Gasteiger partial charge in [-0.1, -0.05) is 0 Å². The summed E-state index contributed by atoms with van der Waals surface area (Å²) in [5.41, 5.74) is -0.649. The number of nitrogens with one attached hydrogen (secondary N) is 1. The van der Waals surface area contributed by atoms with E-state index in [0.717, 1.165) is 12.2 Å². The second-order valence-corrected chi connectivity index (χ2v) is 3.51. The Balaban J connectivity index is 2.81. The predicted molar refractivity (Wildman–Crippen MR) is 45.5 cm³/mol. The average molecular weight is 212 g/mol. The van der Waals surface area contributed by atoms with Gasteiger partial charge >= 0.3 is 6.18 Å². The molecule has 1 nitrogen and oxygen atoms in total. The Labute approximate surface area is 79.3 Å². The number of hydrogen-bond donors (Lipinski definition) is 1. The molecule has 5 heteroatoms. The lowest BCUT2D eigenvalue weighted by Gasteiger charge is -2.21. The molecule has 1 heterocycles. The molecule has 0 aromatic carbocycles. The van der Waals surface area contributed by atoms with E-state index in [1.165, 1.54) is 6.20 Å². The van der Waals surface area contributed by atoms with Crippen LogP contribution >= 0.6 is 11.6 Å². The Kier molecular flexibility index (Phi) is 2.91. The Morgan fingerprint density at radius 3 is 2.62 bits per heavy atom. The highest BCUT2D eigenvalue weighted by Gasteiger charge is 2.34. The van der Waals surface area contributed by atoms with Gasteiger partial charge in [-0.2, -0.15) is 13.2 Å². The maximum atomic E-state index is 12.2. The minimum atomic E-state index is -4.29. The summed E-state index contributed by atoms with van der Waals surface area (Å²) in [5.74, 6) is 0. The van der Waals surface area contributed by atoms with E-state index in [0.29, 0.717) is 0 Å². The van der Waals surface area contributed by atoms with Crippen molar-refractivity contribution in [3.8, 4) is 0 Å². The van der Waals surface area contributed by atoms with Crippen LogP contribution in [0.4, 0.5) is 13.2 Å². The second-order valence-electron chi connectivity index (χ2n) is 2.82. The predicted octanol–water partition coefficient (Wildman–Crippen LogP) is 2.59. The fourth-order valence-electron chi connectivity index (χ4n) is 1.00. The molecular weight excluding hydrogens is 203 g/mol. The molecule has 0 bridgehead atoms. The molecule has 1 aliphatic heterocycles. The quantitative estimate of drug-likeness (QED) is 0.658. The van der Waals surface area contributed by atoms with Crippen LogP contribution in [0.3, 0.4) is 0 Å². The molecule has 0 aromatic heterocycles. The van der Waals surface area contributed by atoms with E-state index in [4.69, 9.17) is 11.6 Å². The smallest absolute Gasteiger partial charge is 0.383 e. The topological polar surface area (TPSA) is 12.0 Å². The van der Waals surface area contributed by atoms with Crippen LogP contribution in [0.25, 0.3) is 0 Å². The van der Waals surface area contributed by atoms with Crippen molar-refractivity contribution in [3.63, 3.8) is 0 Å². The van der Waals surface area contributed by atoms with Crippen molar-refractivity contribution in [2.24, 2.45) is 0 Å². The number of dihydropyridines is 1. The first-order valence-corrected chi connectivity index (χ1v) is 4.20. The third kappa shape index (κ3) is 2.66. The van der Waals surface area contributed by atoms with Crippen LogP contribution in [-0.4, -0.2) is 17.6 Å². The van der Waals surface area contributed by atoms with E-state index >= 15 is 0 Å². The Morgan fingerprint density at radius 2 is 2.15 bits per heavy atom. The first-order valence-electron chi connectivity index (χ1n) is 3.77. The monoisotopic (exact) mass is 211 g/mol. The van der Waals surface area contributed by atoms with Crippen molar-refractivity contribution in [3.05, 3.63) is 23.9 Å². The molecule has 0 aliphatic carbocycles. The van der Waals surface area contributed by atoms with Crippen LogP contribution < -0.4 is 5.32 Å². The highest BCUT2D eigenvalue weighted by Crippen LogP contribution is 2.28. The molecule has 1 N–H and O–H groups in total. The lowest BCUT2D eigenvalue weighted by molar-refractivity contribution is -0.0888. The minimum absolute atomic E-state index is 0.373. The van der Waals surface area contributed by atoms with Gasteiger partial charge in [0.1, 0.15) is 0 Å². The van der Waals surface area contributed by atoms with Crippen LogP contribution in [0.15, 0.2) is 23.9 Å². The molecule has 2 atom stereocenters. The van der Waals surface area contributed by atoms with Gasteiger partial charge < -0.3 is 5.32 Å². The molecule has 0 spiro atoms. The SMILES string of the molecule is CC(Cl)C1C=C(C(F)(F)F)C=CN1. The molecule has 0 fully saturated rings. The van der Waals surface area contributed by atoms with E-state index in [9.17, 15) is 13.2 Å². The summed E-state index contributed by atoms with van der Waals surface area (Å²) < 4.78 is 36.6. The maximum absolute atomic E-state index is 12.2. The summed E-state index contributed by atoms with van der Waals surface area (Å²) in [6, 6.07) is -0.455. The summed E-state index contributed by atoms with van der Waals surface area (Å²) >= 11 is 5.66. The van der Waals surface area contributed by atoms with Gasteiger partial charge in [0.25, 0.3) is 0 Å². The summed E-state index contributed by atoms with van der Waals surface area (Å²) in [5, 5.41) is 2.36. The van der Waals surface area contributed by atoms with Gasteiger partial charge in [-0.05, 0) is 25.3 Å². The summed E-state index contributed by atoms with van der Waals surface area (Å²) in [6.07, 6.45) is -0.928. The van der Waals surface area contributed by atoms with Crippen molar-refractivity contribution < 1.29 is 13.2 Å². The van der Waals surface area contributed by atoms with Crippen LogP contribution in [0, 0.1) is 0 Å². The molecule has 1 aliphatic rings. The Hall–Kier alpha value is -0.640. The molecule has 0 aromatic rings. The van der Waals surface area contributed by atoms with Gasteiger partial charge in [0.05, 0.1) is 17.0 Å². The third-order valence-corrected chi connectivity index (χ3v) is 2.00. The number of alkyl halides is 4. The number of rotatable bonds is 1. The highest BCUT2D eigenvalue weighted by molar-refractivity contribution is 6.21. The molecule has 1 rings (SSSR count). The standard InChI is InChI=1S/C8H9ClF3N/c1-5(9)7-4-6(2-3-13-7)8(10,11)12/h2-5,7,13H,1H3. The fraction of sp³-hybridized carbons (Fsp3) is 0.500.